The van der Waals surface area contributed by atoms with Gasteiger partial charge < -0.3 is 0 Å². The molecule has 0 aromatic carbocycles. The topological polar surface area (TPSA) is 57.6 Å². The normalized spacial score (nSPS) is 22.8. The van der Waals surface area contributed by atoms with Crippen molar-refractivity contribution in [3.05, 3.63) is 0 Å². The van der Waals surface area contributed by atoms with Crippen molar-refractivity contribution in [2.75, 3.05) is 6.54 Å². The van der Waals surface area contributed by atoms with Crippen LogP contribution in [0.2, 0.25) is 0 Å². The van der Waals surface area contributed by atoms with Crippen LogP contribution in [0.15, 0.2) is 0 Å². The molecule has 0 bridgehead atoms. The van der Waals surface area contributed by atoms with E-state index in [-0.39, 0.29) is 5.91 Å². The number of hydrogen-bond acceptors (Lipinski definition) is 2. The summed E-state index contributed by atoms with van der Waals surface area (Å²) < 4.78 is 19.6. The lowest BCUT2D eigenvalue weighted by Gasteiger charge is -2.06. The predicted molar refractivity (Wildman–Crippen MR) is 31.7 cm³/mol. The molecule has 0 aromatic rings. The lowest BCUT2D eigenvalue weighted by atomic mass is 10.4. The Balaban J connectivity index is 2.60. The van der Waals surface area contributed by atoms with Gasteiger partial charge in [0.05, 0.1) is 0 Å². The van der Waals surface area contributed by atoms with Gasteiger partial charge in [-0.1, -0.05) is 0 Å². The van der Waals surface area contributed by atoms with Gasteiger partial charge in [-0.05, 0) is 6.42 Å². The van der Waals surface area contributed by atoms with Crippen molar-refractivity contribution in [2.45, 2.75) is 12.8 Å². The van der Waals surface area contributed by atoms with Crippen LogP contribution in [-0.4, -0.2) is 25.5 Å². The molecule has 52 valence electrons. The highest BCUT2D eigenvalue weighted by Gasteiger charge is 2.23. The summed E-state index contributed by atoms with van der Waals surface area (Å²) in [6.45, 7) is 0.419. The second-order valence-electron chi connectivity index (χ2n) is 1.83. The Morgan fingerprint density at radius 2 is 2.33 bits per heavy atom. The van der Waals surface area contributed by atoms with Crippen molar-refractivity contribution in [1.82, 2.24) is 4.31 Å². The summed E-state index contributed by atoms with van der Waals surface area (Å²) in [6.07, 6.45) is 1.11. The summed E-state index contributed by atoms with van der Waals surface area (Å²) in [6, 6.07) is 0. The molecule has 1 heterocycles. The van der Waals surface area contributed by atoms with Crippen LogP contribution >= 0.6 is 0 Å². The van der Waals surface area contributed by atoms with E-state index in [0.717, 1.165) is 4.31 Å². The molecule has 1 N–H and O–H groups in total. The van der Waals surface area contributed by atoms with Crippen LogP contribution in [0.4, 0.5) is 0 Å². The van der Waals surface area contributed by atoms with E-state index in [1.807, 2.05) is 0 Å². The summed E-state index contributed by atoms with van der Waals surface area (Å²) in [5, 5.41) is 0. The van der Waals surface area contributed by atoms with Crippen LogP contribution < -0.4 is 0 Å². The van der Waals surface area contributed by atoms with Gasteiger partial charge in [-0.15, -0.1) is 0 Å². The maximum atomic E-state index is 10.6. The van der Waals surface area contributed by atoms with Crippen LogP contribution in [-0.2, 0) is 16.1 Å². The minimum Gasteiger partial charge on any atom is -0.289 e. The molecule has 0 spiro atoms. The Morgan fingerprint density at radius 1 is 1.67 bits per heavy atom. The van der Waals surface area contributed by atoms with Crippen LogP contribution in [0.25, 0.3) is 0 Å². The minimum absolute atomic E-state index is 0.226. The summed E-state index contributed by atoms with van der Waals surface area (Å²) in [4.78, 5) is 10.6. The smallest absolute Gasteiger partial charge is 0.264 e. The summed E-state index contributed by atoms with van der Waals surface area (Å²) in [5.74, 6) is -0.226. The minimum atomic E-state index is -2.09. The fraction of sp³-hybridized carbons (Fsp3) is 0.750. The van der Waals surface area contributed by atoms with E-state index in [4.69, 9.17) is 4.55 Å². The highest BCUT2D eigenvalue weighted by Crippen LogP contribution is 2.09. The average molecular weight is 149 g/mol. The molecule has 1 atom stereocenters. The van der Waals surface area contributed by atoms with Gasteiger partial charge in [0.25, 0.3) is 11.3 Å². The largest absolute Gasteiger partial charge is 0.289 e. The molecule has 1 rings (SSSR count). The van der Waals surface area contributed by atoms with Crippen molar-refractivity contribution in [3.8, 4) is 0 Å². The number of amides is 1. The number of carbonyl (C=O) groups is 1. The molecule has 0 aromatic heterocycles. The third-order valence-electron chi connectivity index (χ3n) is 1.22. The molecule has 4 nitrogen and oxygen atoms in total. The Morgan fingerprint density at radius 3 is 2.56 bits per heavy atom. The van der Waals surface area contributed by atoms with Gasteiger partial charge in [0.2, 0.25) is 5.91 Å². The number of carbonyl (C=O) groups excluding carboxylic acids is 1. The first-order valence-corrected chi connectivity index (χ1v) is 3.69. The van der Waals surface area contributed by atoms with Gasteiger partial charge in [0.15, 0.2) is 0 Å². The van der Waals surface area contributed by atoms with Gasteiger partial charge in [-0.25, -0.2) is 8.51 Å². The van der Waals surface area contributed by atoms with Crippen molar-refractivity contribution in [3.63, 3.8) is 0 Å². The SMILES string of the molecule is O=C1CCCN1S(=O)O. The van der Waals surface area contributed by atoms with Crippen LogP contribution in [0.3, 0.4) is 0 Å². The first kappa shape index (κ1) is 6.70. The first-order valence-electron chi connectivity index (χ1n) is 2.63. The van der Waals surface area contributed by atoms with E-state index in [0.29, 0.717) is 19.4 Å². The lowest BCUT2D eigenvalue weighted by molar-refractivity contribution is -0.123. The van der Waals surface area contributed by atoms with Gasteiger partial charge >= 0.3 is 0 Å². The van der Waals surface area contributed by atoms with Crippen molar-refractivity contribution in [2.24, 2.45) is 0 Å². The molecule has 1 amide bonds. The molecule has 0 aliphatic carbocycles. The monoisotopic (exact) mass is 149 g/mol. The molecular formula is C4H7NO3S. The molecule has 0 radical (unpaired) electrons. The van der Waals surface area contributed by atoms with E-state index in [2.05, 4.69) is 0 Å². The van der Waals surface area contributed by atoms with Crippen molar-refractivity contribution in [1.29, 1.82) is 0 Å². The van der Waals surface area contributed by atoms with Crippen LogP contribution in [0.1, 0.15) is 12.8 Å². The highest BCUT2D eigenvalue weighted by molar-refractivity contribution is 7.77. The standard InChI is InChI=1S/C4H7NO3S/c6-4-2-1-3-5(4)9(7)8/h1-3H2,(H,7,8). The molecule has 1 unspecified atom stereocenters. The number of hydrogen-bond donors (Lipinski definition) is 1. The quantitative estimate of drug-likeness (QED) is 0.523. The van der Waals surface area contributed by atoms with Gasteiger partial charge in [0.1, 0.15) is 0 Å². The fourth-order valence-corrected chi connectivity index (χ4v) is 1.34. The Labute approximate surface area is 55.3 Å². The molecule has 9 heavy (non-hydrogen) atoms. The van der Waals surface area contributed by atoms with Crippen LogP contribution in [0, 0.1) is 0 Å². The Bertz CT molecular complexity index is 158. The molecule has 5 heteroatoms. The maximum Gasteiger partial charge on any atom is 0.264 e. The van der Waals surface area contributed by atoms with E-state index in [9.17, 15) is 9.00 Å². The van der Waals surface area contributed by atoms with Gasteiger partial charge in [-0.3, -0.25) is 9.35 Å². The second kappa shape index (κ2) is 2.45. The van der Waals surface area contributed by atoms with E-state index < -0.39 is 11.3 Å². The molecular weight excluding hydrogens is 142 g/mol. The zero-order valence-corrected chi connectivity index (χ0v) is 5.56. The number of nitrogens with zero attached hydrogens (tertiary/aromatic N) is 1. The maximum absolute atomic E-state index is 10.6. The number of rotatable bonds is 1. The molecule has 0 saturated carbocycles. The molecule has 1 aliphatic heterocycles. The van der Waals surface area contributed by atoms with E-state index in [1.54, 1.807) is 0 Å². The van der Waals surface area contributed by atoms with Crippen molar-refractivity contribution >= 4 is 17.2 Å². The Hall–Kier alpha value is -0.420. The van der Waals surface area contributed by atoms with E-state index in [1.165, 1.54) is 0 Å². The summed E-state index contributed by atoms with van der Waals surface area (Å²) in [5.41, 5.74) is 0. The summed E-state index contributed by atoms with van der Waals surface area (Å²) >= 11 is -2.09. The molecule has 1 fully saturated rings. The lowest BCUT2D eigenvalue weighted by Crippen LogP contribution is -2.26. The average Bonchev–Trinajstić information content (AvgIpc) is 2.13. The van der Waals surface area contributed by atoms with Gasteiger partial charge in [0, 0.05) is 13.0 Å². The second-order valence-corrected chi connectivity index (χ2v) is 2.73. The zero-order chi connectivity index (χ0) is 6.85. The summed E-state index contributed by atoms with van der Waals surface area (Å²) in [7, 11) is 0. The van der Waals surface area contributed by atoms with Crippen LogP contribution in [0.5, 0.6) is 0 Å². The van der Waals surface area contributed by atoms with E-state index >= 15 is 0 Å². The third kappa shape index (κ3) is 1.28. The predicted octanol–water partition coefficient (Wildman–Crippen LogP) is -0.254. The molecule has 1 aliphatic rings. The Kier molecular flexibility index (Phi) is 1.82. The highest BCUT2D eigenvalue weighted by atomic mass is 32.2. The van der Waals surface area contributed by atoms with Crippen molar-refractivity contribution < 1.29 is 13.6 Å². The first-order chi connectivity index (χ1) is 4.22. The fourth-order valence-electron chi connectivity index (χ4n) is 0.788. The molecule has 1 saturated heterocycles. The zero-order valence-electron chi connectivity index (χ0n) is 4.74. The van der Waals surface area contributed by atoms with Gasteiger partial charge in [-0.2, -0.15) is 0 Å². The third-order valence-corrected chi connectivity index (χ3v) is 1.98.